The molecule has 47 heavy (non-hydrogen) atoms. The highest BCUT2D eigenvalue weighted by Crippen LogP contribution is 2.43. The van der Waals surface area contributed by atoms with E-state index in [1.165, 1.54) is 16.9 Å². The van der Waals surface area contributed by atoms with Crippen molar-refractivity contribution in [2.75, 3.05) is 6.54 Å². The van der Waals surface area contributed by atoms with E-state index in [0.717, 1.165) is 29.7 Å². The molecule has 2 saturated heterocycles. The normalized spacial score (nSPS) is 22.4. The van der Waals surface area contributed by atoms with Gasteiger partial charge in [-0.05, 0) is 92.9 Å². The van der Waals surface area contributed by atoms with Gasteiger partial charge in [-0.2, -0.15) is 0 Å². The maximum Gasteiger partial charge on any atom is 0.413 e. The van der Waals surface area contributed by atoms with E-state index in [9.17, 15) is 9.59 Å². The molecule has 2 aliphatic rings. The van der Waals surface area contributed by atoms with Crippen molar-refractivity contribution in [2.24, 2.45) is 0 Å². The van der Waals surface area contributed by atoms with E-state index in [1.54, 1.807) is 4.90 Å². The Kier molecular flexibility index (Phi) is 8.37. The molecule has 2 amide bonds. The number of aryl methyl sites for hydroxylation is 1. The van der Waals surface area contributed by atoms with Gasteiger partial charge in [0.05, 0.1) is 24.0 Å². The molecule has 2 aliphatic heterocycles. The molecule has 4 aromatic rings. The van der Waals surface area contributed by atoms with Crippen LogP contribution in [0.2, 0.25) is 0 Å². The number of benzene rings is 1. The number of hydrogen-bond acceptors (Lipinski definition) is 7. The van der Waals surface area contributed by atoms with Gasteiger partial charge in [0, 0.05) is 35.4 Å². The minimum atomic E-state index is -0.885. The summed E-state index contributed by atoms with van der Waals surface area (Å²) in [5, 5.41) is 11.2. The summed E-state index contributed by atoms with van der Waals surface area (Å²) in [6.45, 7) is 18.0. The number of piperidine rings is 1. The first-order chi connectivity index (χ1) is 22.1. The molecule has 5 heterocycles. The molecule has 0 bridgehead atoms. The van der Waals surface area contributed by atoms with Crippen LogP contribution in [-0.2, 0) is 9.47 Å². The maximum atomic E-state index is 14.6. The zero-order chi connectivity index (χ0) is 33.9. The van der Waals surface area contributed by atoms with Crippen molar-refractivity contribution < 1.29 is 19.1 Å². The van der Waals surface area contributed by atoms with E-state index in [-0.39, 0.29) is 23.6 Å². The van der Waals surface area contributed by atoms with Crippen molar-refractivity contribution in [3.63, 3.8) is 0 Å². The third-order valence-electron chi connectivity index (χ3n) is 9.22. The summed E-state index contributed by atoms with van der Waals surface area (Å²) >= 11 is 1.49. The first-order valence-electron chi connectivity index (χ1n) is 16.3. The number of carbonyl (C=O) groups is 2. The lowest BCUT2D eigenvalue weighted by Gasteiger charge is -2.45. The Morgan fingerprint density at radius 2 is 1.74 bits per heavy atom. The monoisotopic (exact) mass is 658 g/mol. The summed E-state index contributed by atoms with van der Waals surface area (Å²) in [7, 11) is 0. The average molecular weight is 659 g/mol. The molecular formula is C36H46N6O4S. The molecule has 3 atom stereocenters. The van der Waals surface area contributed by atoms with Crippen LogP contribution in [-0.4, -0.2) is 70.9 Å². The highest BCUT2D eigenvalue weighted by molar-refractivity contribution is 7.13. The Hall–Kier alpha value is -3.96. The molecule has 0 saturated carbocycles. The van der Waals surface area contributed by atoms with Gasteiger partial charge < -0.3 is 18.9 Å². The zero-order valence-electron chi connectivity index (χ0n) is 28.9. The number of nitrogens with zero attached hydrogens (tertiary/aromatic N) is 6. The van der Waals surface area contributed by atoms with Crippen molar-refractivity contribution in [3.05, 3.63) is 76.5 Å². The molecule has 3 aromatic heterocycles. The van der Waals surface area contributed by atoms with Crippen molar-refractivity contribution >= 4 is 23.3 Å². The quantitative estimate of drug-likeness (QED) is 0.217. The number of rotatable bonds is 5. The number of hydrogen-bond donors (Lipinski definition) is 0. The maximum absolute atomic E-state index is 14.6. The Bertz CT molecular complexity index is 1750. The summed E-state index contributed by atoms with van der Waals surface area (Å²) in [5.41, 5.74) is 2.94. The second-order valence-corrected chi connectivity index (χ2v) is 15.8. The largest absolute Gasteiger partial charge is 0.444 e. The van der Waals surface area contributed by atoms with Crippen molar-refractivity contribution in [3.8, 4) is 16.8 Å². The van der Waals surface area contributed by atoms with E-state index in [1.807, 2.05) is 86.4 Å². The van der Waals surface area contributed by atoms with Gasteiger partial charge in [0.25, 0.3) is 5.91 Å². The first kappa shape index (κ1) is 33.0. The highest BCUT2D eigenvalue weighted by Gasteiger charge is 2.51. The molecule has 0 spiro atoms. The van der Waals surface area contributed by atoms with Gasteiger partial charge in [0.2, 0.25) is 0 Å². The Morgan fingerprint density at radius 1 is 1.06 bits per heavy atom. The average Bonchev–Trinajstić information content (AvgIpc) is 3.77. The third kappa shape index (κ3) is 6.35. The Labute approximate surface area is 281 Å². The summed E-state index contributed by atoms with van der Waals surface area (Å²) in [6, 6.07) is 11.8. The number of thiophene rings is 1. The number of carbonyl (C=O) groups excluding carboxylic acids is 2. The first-order valence-corrected chi connectivity index (χ1v) is 17.2. The van der Waals surface area contributed by atoms with Crippen LogP contribution in [0.3, 0.4) is 0 Å². The summed E-state index contributed by atoms with van der Waals surface area (Å²) in [4.78, 5) is 32.3. The lowest BCUT2D eigenvalue weighted by atomic mass is 9.87. The highest BCUT2D eigenvalue weighted by atomic mass is 32.1. The summed E-state index contributed by atoms with van der Waals surface area (Å²) < 4.78 is 15.9. The molecule has 6 rings (SSSR count). The van der Waals surface area contributed by atoms with Crippen molar-refractivity contribution in [1.82, 2.24) is 29.4 Å². The number of aromatic nitrogens is 4. The van der Waals surface area contributed by atoms with Crippen LogP contribution in [0.25, 0.3) is 16.8 Å². The van der Waals surface area contributed by atoms with Gasteiger partial charge in [-0.15, -0.1) is 16.4 Å². The van der Waals surface area contributed by atoms with Crippen LogP contribution < -0.4 is 0 Å². The fourth-order valence-electron chi connectivity index (χ4n) is 6.82. The lowest BCUT2D eigenvalue weighted by Crippen LogP contribution is -2.53. The molecule has 1 unspecified atom stereocenters. The fourth-order valence-corrected chi connectivity index (χ4v) is 7.85. The number of amides is 2. The fraction of sp³-hybridized carbons (Fsp3) is 0.500. The molecule has 0 aliphatic carbocycles. The van der Waals surface area contributed by atoms with Gasteiger partial charge in [-0.1, -0.05) is 35.0 Å². The molecule has 11 heteroatoms. The van der Waals surface area contributed by atoms with Crippen LogP contribution in [0.4, 0.5) is 4.79 Å². The second kappa shape index (κ2) is 11.9. The number of likely N-dealkylation sites (tertiary alicyclic amines) is 1. The lowest BCUT2D eigenvalue weighted by molar-refractivity contribution is -0.0757. The van der Waals surface area contributed by atoms with Crippen LogP contribution >= 0.6 is 11.3 Å². The summed E-state index contributed by atoms with van der Waals surface area (Å²) in [5.74, 6) is 0.00256. The van der Waals surface area contributed by atoms with Gasteiger partial charge in [-0.3, -0.25) is 9.69 Å². The van der Waals surface area contributed by atoms with Crippen LogP contribution in [0.1, 0.15) is 101 Å². The van der Waals surface area contributed by atoms with E-state index in [0.29, 0.717) is 17.1 Å². The Balaban J connectivity index is 1.29. The van der Waals surface area contributed by atoms with E-state index >= 15 is 0 Å². The third-order valence-corrected chi connectivity index (χ3v) is 10.2. The zero-order valence-corrected chi connectivity index (χ0v) is 29.7. The van der Waals surface area contributed by atoms with Crippen LogP contribution in [0.15, 0.2) is 60.4 Å². The van der Waals surface area contributed by atoms with Crippen molar-refractivity contribution in [2.45, 2.75) is 110 Å². The second-order valence-electron chi connectivity index (χ2n) is 14.9. The molecule has 0 N–H and O–H groups in total. The van der Waals surface area contributed by atoms with Gasteiger partial charge in [-0.25, -0.2) is 9.48 Å². The van der Waals surface area contributed by atoms with Crippen LogP contribution in [0, 0.1) is 6.92 Å². The molecular weight excluding hydrogens is 613 g/mol. The molecule has 10 nitrogen and oxygen atoms in total. The van der Waals surface area contributed by atoms with Crippen molar-refractivity contribution in [1.29, 1.82) is 0 Å². The SMILES string of the molecule is Cc1ccc(-c2csc(C(=O)N3CC(n4cc([C@@H]5[C@@H](C)OC(C)(C)N5C(=O)OC(C)(C)C)nn4)CCC3(C)C)c2-n2cccc2)cc1. The summed E-state index contributed by atoms with van der Waals surface area (Å²) in [6.07, 6.45) is 6.75. The minimum Gasteiger partial charge on any atom is -0.444 e. The van der Waals surface area contributed by atoms with Gasteiger partial charge in [0.1, 0.15) is 27.9 Å². The van der Waals surface area contributed by atoms with E-state index in [4.69, 9.17) is 9.47 Å². The minimum absolute atomic E-state index is 0.00256. The predicted octanol–water partition coefficient (Wildman–Crippen LogP) is 7.79. The van der Waals surface area contributed by atoms with Gasteiger partial charge in [0.15, 0.2) is 0 Å². The standard InChI is InChI=1S/C36H46N6O4S/c1-23-12-14-25(15-13-23)27-22-47-31(30(27)39-18-10-11-19-39)32(43)40-20-26(16-17-35(40,6)7)41-21-28(37-38-41)29-24(2)45-36(8,9)42(29)33(44)46-34(3,4)5/h10-15,18-19,21-22,24,26,29H,16-17,20H2,1-9H3/t24-,26?,29+/m1/s1. The topological polar surface area (TPSA) is 94.7 Å². The van der Waals surface area contributed by atoms with E-state index < -0.39 is 23.5 Å². The molecule has 250 valence electrons. The molecule has 1 aromatic carbocycles. The van der Waals surface area contributed by atoms with E-state index in [2.05, 4.69) is 60.7 Å². The van der Waals surface area contributed by atoms with Crippen LogP contribution in [0.5, 0.6) is 0 Å². The predicted molar refractivity (Wildman–Crippen MR) is 183 cm³/mol. The molecule has 2 fully saturated rings. The van der Waals surface area contributed by atoms with Gasteiger partial charge >= 0.3 is 6.09 Å². The number of ether oxygens (including phenoxy) is 2. The Morgan fingerprint density at radius 3 is 2.40 bits per heavy atom. The smallest absolute Gasteiger partial charge is 0.413 e. The molecule has 0 radical (unpaired) electrons.